The van der Waals surface area contributed by atoms with Gasteiger partial charge in [-0.3, -0.25) is 0 Å². The molecule has 3 N–H and O–H groups in total. The molecule has 6 nitrogen and oxygen atoms in total. The maximum absolute atomic E-state index is 13.0. The van der Waals surface area contributed by atoms with E-state index in [2.05, 4.69) is 20.3 Å². The number of aliphatic hydroxyl groups is 1. The Morgan fingerprint density at radius 2 is 1.68 bits per heavy atom. The van der Waals surface area contributed by atoms with E-state index in [1.54, 1.807) is 0 Å². The van der Waals surface area contributed by atoms with Gasteiger partial charge in [-0.1, -0.05) is 6.92 Å². The van der Waals surface area contributed by atoms with E-state index in [1.807, 2.05) is 5.32 Å². The molecule has 1 aromatic rings. The normalized spacial score (nSPS) is 20.3. The largest absolute Gasteiger partial charge is 0.408 e. The molecule has 28 heavy (non-hydrogen) atoms. The zero-order valence-electron chi connectivity index (χ0n) is 15.2. The van der Waals surface area contributed by atoms with Crippen LogP contribution in [0.15, 0.2) is 6.08 Å². The third-order valence-electron chi connectivity index (χ3n) is 4.21. The van der Waals surface area contributed by atoms with E-state index < -0.39 is 42.4 Å². The van der Waals surface area contributed by atoms with E-state index in [0.29, 0.717) is 24.8 Å². The Bertz CT molecular complexity index is 706. The van der Waals surface area contributed by atoms with Crippen LogP contribution in [-0.2, 0) is 0 Å². The lowest BCUT2D eigenvalue weighted by atomic mass is 9.97. The van der Waals surface area contributed by atoms with Crippen molar-refractivity contribution in [2.45, 2.75) is 70.1 Å². The lowest BCUT2D eigenvalue weighted by Gasteiger charge is -2.22. The highest BCUT2D eigenvalue weighted by Gasteiger charge is 2.39. The van der Waals surface area contributed by atoms with Crippen molar-refractivity contribution in [1.82, 2.24) is 15.0 Å². The number of aromatic nitrogens is 3. The Morgan fingerprint density at radius 3 is 2.18 bits per heavy atom. The van der Waals surface area contributed by atoms with Crippen molar-refractivity contribution in [3.8, 4) is 0 Å². The summed E-state index contributed by atoms with van der Waals surface area (Å²) < 4.78 is 77.6. The van der Waals surface area contributed by atoms with Crippen LogP contribution < -0.4 is 10.6 Å². The van der Waals surface area contributed by atoms with Gasteiger partial charge in [0.05, 0.1) is 6.10 Å². The lowest BCUT2D eigenvalue weighted by Crippen LogP contribution is -2.37. The molecule has 0 bridgehead atoms. The van der Waals surface area contributed by atoms with Crippen molar-refractivity contribution < 1.29 is 31.4 Å². The summed E-state index contributed by atoms with van der Waals surface area (Å²) in [7, 11) is 0. The zero-order chi connectivity index (χ0) is 21.1. The zero-order valence-corrected chi connectivity index (χ0v) is 15.2. The molecule has 1 aliphatic carbocycles. The Morgan fingerprint density at radius 1 is 1.07 bits per heavy atom. The van der Waals surface area contributed by atoms with Crippen molar-refractivity contribution in [2.24, 2.45) is 0 Å². The fraction of sp³-hybridized carbons (Fsp3) is 0.688. The van der Waals surface area contributed by atoms with Crippen molar-refractivity contribution >= 4 is 17.5 Å². The minimum Gasteiger partial charge on any atom is -0.389 e. The summed E-state index contributed by atoms with van der Waals surface area (Å²) in [6.07, 6.45) is -7.32. The fourth-order valence-electron chi connectivity index (χ4n) is 2.58. The highest BCUT2D eigenvalue weighted by atomic mass is 19.4. The topological polar surface area (TPSA) is 83.0 Å². The fourth-order valence-corrected chi connectivity index (χ4v) is 2.58. The number of rotatable bonds is 6. The Hall–Kier alpha value is -2.11. The first kappa shape index (κ1) is 22.2. The second kappa shape index (κ2) is 8.50. The molecule has 0 fully saturated rings. The summed E-state index contributed by atoms with van der Waals surface area (Å²) in [6, 6.07) is -3.99. The number of halogens is 6. The van der Waals surface area contributed by atoms with Gasteiger partial charge in [0.15, 0.2) is 5.82 Å². The van der Waals surface area contributed by atoms with E-state index in [4.69, 9.17) is 0 Å². The van der Waals surface area contributed by atoms with Crippen LogP contribution in [0.25, 0.3) is 5.57 Å². The second-order valence-electron chi connectivity index (χ2n) is 6.51. The van der Waals surface area contributed by atoms with Crippen LogP contribution in [0.3, 0.4) is 0 Å². The highest BCUT2D eigenvalue weighted by molar-refractivity contribution is 5.63. The third-order valence-corrected chi connectivity index (χ3v) is 4.21. The van der Waals surface area contributed by atoms with Gasteiger partial charge in [-0.15, -0.1) is 0 Å². The van der Waals surface area contributed by atoms with Gasteiger partial charge in [0.25, 0.3) is 0 Å². The molecule has 158 valence electrons. The Balaban J connectivity index is 2.40. The summed E-state index contributed by atoms with van der Waals surface area (Å²) in [4.78, 5) is 11.5. The quantitative estimate of drug-likeness (QED) is 0.614. The van der Waals surface area contributed by atoms with E-state index in [0.717, 1.165) is 6.92 Å². The van der Waals surface area contributed by atoms with E-state index in [-0.39, 0.29) is 12.2 Å². The van der Waals surface area contributed by atoms with Crippen LogP contribution >= 0.6 is 0 Å². The maximum Gasteiger partial charge on any atom is 0.408 e. The number of hydrogen-bond acceptors (Lipinski definition) is 6. The summed E-state index contributed by atoms with van der Waals surface area (Å²) >= 11 is 0. The SMILES string of the molecule is CC[C@@H](Nc1nc(N[C@H](C)C(F)(F)F)nc(C2=C[C@H](O)CCC2)n1)C(F)(F)F. The van der Waals surface area contributed by atoms with Crippen molar-refractivity contribution in [2.75, 3.05) is 10.6 Å². The molecule has 3 atom stereocenters. The molecular formula is C16H21F6N5O. The van der Waals surface area contributed by atoms with Crippen molar-refractivity contribution in [3.05, 3.63) is 11.9 Å². The van der Waals surface area contributed by atoms with Gasteiger partial charge >= 0.3 is 12.4 Å². The van der Waals surface area contributed by atoms with Crippen molar-refractivity contribution in [3.63, 3.8) is 0 Å². The van der Waals surface area contributed by atoms with Crippen LogP contribution in [0, 0.1) is 0 Å². The summed E-state index contributed by atoms with van der Waals surface area (Å²) in [5.41, 5.74) is 0.437. The highest BCUT2D eigenvalue weighted by Crippen LogP contribution is 2.29. The molecule has 1 aromatic heterocycles. The summed E-state index contributed by atoms with van der Waals surface area (Å²) in [5, 5.41) is 13.9. The summed E-state index contributed by atoms with van der Waals surface area (Å²) in [6.45, 7) is 2.14. The van der Waals surface area contributed by atoms with Crippen LogP contribution in [0.1, 0.15) is 45.4 Å². The predicted octanol–water partition coefficient (Wildman–Crippen LogP) is 3.92. The number of hydrogen-bond donors (Lipinski definition) is 3. The van der Waals surface area contributed by atoms with Gasteiger partial charge in [-0.2, -0.15) is 41.3 Å². The van der Waals surface area contributed by atoms with Gasteiger partial charge < -0.3 is 15.7 Å². The third kappa shape index (κ3) is 5.94. The van der Waals surface area contributed by atoms with Crippen molar-refractivity contribution in [1.29, 1.82) is 0 Å². The lowest BCUT2D eigenvalue weighted by molar-refractivity contribution is -0.143. The smallest absolute Gasteiger partial charge is 0.389 e. The Labute approximate surface area is 157 Å². The first-order valence-corrected chi connectivity index (χ1v) is 8.71. The van der Waals surface area contributed by atoms with E-state index in [1.165, 1.54) is 13.0 Å². The maximum atomic E-state index is 13.0. The molecule has 0 amide bonds. The van der Waals surface area contributed by atoms with Gasteiger partial charge in [-0.25, -0.2) is 0 Å². The molecule has 0 saturated carbocycles. The molecule has 1 aliphatic rings. The van der Waals surface area contributed by atoms with Crippen LogP contribution in [0.2, 0.25) is 0 Å². The number of nitrogens with one attached hydrogen (secondary N) is 2. The minimum absolute atomic E-state index is 0.0786. The van der Waals surface area contributed by atoms with Crippen LogP contribution in [0.4, 0.5) is 38.2 Å². The molecule has 0 aliphatic heterocycles. The molecule has 2 rings (SSSR count). The van der Waals surface area contributed by atoms with Gasteiger partial charge in [0.1, 0.15) is 12.1 Å². The first-order valence-electron chi connectivity index (χ1n) is 8.71. The van der Waals surface area contributed by atoms with Crippen LogP contribution in [0.5, 0.6) is 0 Å². The molecule has 0 spiro atoms. The predicted molar refractivity (Wildman–Crippen MR) is 90.6 cm³/mol. The number of nitrogens with zero attached hydrogens (tertiary/aromatic N) is 3. The average Bonchev–Trinajstić information content (AvgIpc) is 2.57. The van der Waals surface area contributed by atoms with E-state index >= 15 is 0 Å². The number of anilines is 2. The molecule has 1 heterocycles. The average molecular weight is 413 g/mol. The monoisotopic (exact) mass is 413 g/mol. The van der Waals surface area contributed by atoms with Crippen LogP contribution in [-0.4, -0.2) is 50.6 Å². The van der Waals surface area contributed by atoms with Gasteiger partial charge in [-0.05, 0) is 44.3 Å². The molecular weight excluding hydrogens is 392 g/mol. The van der Waals surface area contributed by atoms with Gasteiger partial charge in [0.2, 0.25) is 11.9 Å². The second-order valence-corrected chi connectivity index (χ2v) is 6.51. The molecule has 0 unspecified atom stereocenters. The minimum atomic E-state index is -4.60. The molecule has 0 aromatic carbocycles. The number of alkyl halides is 6. The molecule has 12 heteroatoms. The first-order chi connectivity index (χ1) is 12.9. The Kier molecular flexibility index (Phi) is 6.73. The molecule has 0 saturated heterocycles. The van der Waals surface area contributed by atoms with Gasteiger partial charge in [0, 0.05) is 0 Å². The standard InChI is InChI=1S/C16H21F6N5O/c1-3-11(16(20,21)22)24-14-26-12(9-5-4-6-10(28)7-9)25-13(27-14)23-8(2)15(17,18)19/h7-8,10-11,28H,3-6H2,1-2H3,(H2,23,24,25,26,27)/t8-,10-,11-/m1/s1. The molecule has 0 radical (unpaired) electrons. The summed E-state index contributed by atoms with van der Waals surface area (Å²) in [5.74, 6) is -1.08. The number of allylic oxidation sites excluding steroid dienone is 1. The van der Waals surface area contributed by atoms with E-state index in [9.17, 15) is 31.4 Å². The number of aliphatic hydroxyl groups excluding tert-OH is 1.